The van der Waals surface area contributed by atoms with E-state index in [4.69, 9.17) is 13.9 Å². The molecule has 31 heavy (non-hydrogen) atoms. The number of rotatable bonds is 6. The number of nitrogens with zero attached hydrogens (tertiary/aromatic N) is 4. The summed E-state index contributed by atoms with van der Waals surface area (Å²) in [5.74, 6) is 0.332. The minimum atomic E-state index is -0.644. The Kier molecular flexibility index (Phi) is 5.57. The molecule has 0 unspecified atom stereocenters. The molecule has 0 atom stereocenters. The number of hydrogen-bond donors (Lipinski definition) is 0. The molecule has 2 aromatic carbocycles. The van der Waals surface area contributed by atoms with E-state index in [2.05, 4.69) is 15.5 Å². The van der Waals surface area contributed by atoms with E-state index in [0.29, 0.717) is 28.1 Å². The van der Waals surface area contributed by atoms with Gasteiger partial charge in [0.25, 0.3) is 0 Å². The van der Waals surface area contributed by atoms with Crippen molar-refractivity contribution in [2.24, 2.45) is 0 Å². The molecule has 9 heteroatoms. The van der Waals surface area contributed by atoms with Crippen molar-refractivity contribution in [2.45, 2.75) is 13.5 Å². The Bertz CT molecular complexity index is 1320. The number of aromatic nitrogens is 4. The van der Waals surface area contributed by atoms with Crippen LogP contribution in [0.3, 0.4) is 0 Å². The SMILES string of the molecule is COc1ccc2c(COC(=O)/C(=C/c3ccccc3)n3nnnc3C)cc(=O)oc2c1. The van der Waals surface area contributed by atoms with E-state index in [0.717, 1.165) is 5.56 Å². The molecule has 0 saturated carbocycles. The largest absolute Gasteiger partial charge is 0.497 e. The molecule has 2 heterocycles. The van der Waals surface area contributed by atoms with Gasteiger partial charge in [-0.25, -0.2) is 9.59 Å². The molecule has 0 N–H and O–H groups in total. The number of fused-ring (bicyclic) bond motifs is 1. The summed E-state index contributed by atoms with van der Waals surface area (Å²) in [6, 6.07) is 15.6. The van der Waals surface area contributed by atoms with Gasteiger partial charge in [0.05, 0.1) is 7.11 Å². The predicted molar refractivity (Wildman–Crippen MR) is 112 cm³/mol. The number of carbonyl (C=O) groups excluding carboxylic acids is 1. The van der Waals surface area contributed by atoms with Crippen LogP contribution in [0.5, 0.6) is 5.75 Å². The average Bonchev–Trinajstić information content (AvgIpc) is 3.21. The molecule has 0 aliphatic carbocycles. The van der Waals surface area contributed by atoms with Crippen molar-refractivity contribution in [3.8, 4) is 5.75 Å². The topological polar surface area (TPSA) is 109 Å². The first-order valence-corrected chi connectivity index (χ1v) is 9.35. The molecule has 0 aliphatic heterocycles. The van der Waals surface area contributed by atoms with Gasteiger partial charge in [-0.05, 0) is 41.1 Å². The smallest absolute Gasteiger partial charge is 0.357 e. The van der Waals surface area contributed by atoms with Gasteiger partial charge in [0.15, 0.2) is 11.5 Å². The highest BCUT2D eigenvalue weighted by atomic mass is 16.5. The summed E-state index contributed by atoms with van der Waals surface area (Å²) < 4.78 is 17.2. The molecule has 9 nitrogen and oxygen atoms in total. The third-order valence-corrected chi connectivity index (χ3v) is 4.56. The summed E-state index contributed by atoms with van der Waals surface area (Å²) in [5.41, 5.74) is 1.22. The zero-order valence-electron chi connectivity index (χ0n) is 16.8. The molecule has 0 spiro atoms. The first kappa shape index (κ1) is 20.0. The Labute approximate surface area is 176 Å². The minimum Gasteiger partial charge on any atom is -0.497 e. The van der Waals surface area contributed by atoms with Crippen LogP contribution in [0.25, 0.3) is 22.7 Å². The molecule has 0 fully saturated rings. The van der Waals surface area contributed by atoms with E-state index in [1.165, 1.54) is 17.9 Å². The highest BCUT2D eigenvalue weighted by Gasteiger charge is 2.19. The lowest BCUT2D eigenvalue weighted by atomic mass is 10.1. The second-order valence-corrected chi connectivity index (χ2v) is 6.61. The minimum absolute atomic E-state index is 0.138. The second-order valence-electron chi connectivity index (χ2n) is 6.61. The van der Waals surface area contributed by atoms with E-state index >= 15 is 0 Å². The number of ether oxygens (including phenoxy) is 2. The number of tetrazole rings is 1. The molecule has 0 saturated heterocycles. The van der Waals surface area contributed by atoms with Gasteiger partial charge in [0.2, 0.25) is 0 Å². The van der Waals surface area contributed by atoms with Crippen LogP contribution in [0.4, 0.5) is 0 Å². The van der Waals surface area contributed by atoms with Gasteiger partial charge in [0.1, 0.15) is 17.9 Å². The Morgan fingerprint density at radius 2 is 1.97 bits per heavy atom. The highest BCUT2D eigenvalue weighted by molar-refractivity contribution is 6.15. The zero-order chi connectivity index (χ0) is 21.8. The number of methoxy groups -OCH3 is 1. The van der Waals surface area contributed by atoms with Gasteiger partial charge < -0.3 is 13.9 Å². The number of esters is 1. The van der Waals surface area contributed by atoms with E-state index in [-0.39, 0.29) is 12.3 Å². The van der Waals surface area contributed by atoms with Crippen molar-refractivity contribution in [1.29, 1.82) is 0 Å². The van der Waals surface area contributed by atoms with Gasteiger partial charge in [-0.15, -0.1) is 5.10 Å². The maximum absolute atomic E-state index is 13.0. The summed E-state index contributed by atoms with van der Waals surface area (Å²) in [4.78, 5) is 24.9. The van der Waals surface area contributed by atoms with Crippen LogP contribution in [0.2, 0.25) is 0 Å². The van der Waals surface area contributed by atoms with E-state index in [9.17, 15) is 9.59 Å². The van der Waals surface area contributed by atoms with Gasteiger partial charge in [-0.1, -0.05) is 30.3 Å². The van der Waals surface area contributed by atoms with Crippen LogP contribution in [0, 0.1) is 6.92 Å². The fourth-order valence-electron chi connectivity index (χ4n) is 3.04. The first-order chi connectivity index (χ1) is 15.0. The number of aryl methyl sites for hydroxylation is 1. The Morgan fingerprint density at radius 1 is 1.16 bits per heavy atom. The average molecular weight is 418 g/mol. The van der Waals surface area contributed by atoms with E-state index in [1.54, 1.807) is 31.2 Å². The van der Waals surface area contributed by atoms with E-state index < -0.39 is 11.6 Å². The van der Waals surface area contributed by atoms with Gasteiger partial charge in [-0.2, -0.15) is 4.68 Å². The summed E-state index contributed by atoms with van der Waals surface area (Å²) in [6.45, 7) is 1.54. The van der Waals surface area contributed by atoms with Crippen molar-refractivity contribution < 1.29 is 18.7 Å². The summed E-state index contributed by atoms with van der Waals surface area (Å²) >= 11 is 0. The molecule has 0 radical (unpaired) electrons. The van der Waals surface area contributed by atoms with Gasteiger partial charge in [0, 0.05) is 23.1 Å². The van der Waals surface area contributed by atoms with Crippen LogP contribution in [-0.4, -0.2) is 33.3 Å². The van der Waals surface area contributed by atoms with Crippen molar-refractivity contribution in [3.05, 3.63) is 82.0 Å². The molecular weight excluding hydrogens is 400 g/mol. The van der Waals surface area contributed by atoms with Gasteiger partial charge in [-0.3, -0.25) is 0 Å². The molecular formula is C22H18N4O5. The first-order valence-electron chi connectivity index (χ1n) is 9.35. The Hall–Kier alpha value is -4.27. The van der Waals surface area contributed by atoms with Crippen LogP contribution < -0.4 is 10.4 Å². The van der Waals surface area contributed by atoms with Gasteiger partial charge >= 0.3 is 11.6 Å². The fraction of sp³-hybridized carbons (Fsp3) is 0.136. The van der Waals surface area contributed by atoms with Crippen LogP contribution >= 0.6 is 0 Å². The van der Waals surface area contributed by atoms with Crippen molar-refractivity contribution >= 4 is 28.7 Å². The lowest BCUT2D eigenvalue weighted by Gasteiger charge is -2.10. The monoisotopic (exact) mass is 418 g/mol. The Balaban J connectivity index is 1.65. The fourth-order valence-corrected chi connectivity index (χ4v) is 3.04. The molecule has 2 aromatic heterocycles. The van der Waals surface area contributed by atoms with Crippen LogP contribution in [0.15, 0.2) is 63.8 Å². The molecule has 4 rings (SSSR count). The number of hydrogen-bond acceptors (Lipinski definition) is 8. The quantitative estimate of drug-likeness (QED) is 0.267. The molecule has 0 bridgehead atoms. The van der Waals surface area contributed by atoms with E-state index in [1.807, 2.05) is 30.3 Å². The molecule has 156 valence electrons. The highest BCUT2D eigenvalue weighted by Crippen LogP contribution is 2.23. The van der Waals surface area contributed by atoms with Crippen LogP contribution in [0.1, 0.15) is 17.0 Å². The molecule has 0 aliphatic rings. The summed E-state index contributed by atoms with van der Waals surface area (Å²) in [6.07, 6.45) is 1.63. The van der Waals surface area contributed by atoms with Crippen molar-refractivity contribution in [2.75, 3.05) is 7.11 Å². The normalized spacial score (nSPS) is 11.5. The summed E-state index contributed by atoms with van der Waals surface area (Å²) in [5, 5.41) is 12.0. The van der Waals surface area contributed by atoms with Crippen LogP contribution in [-0.2, 0) is 16.1 Å². The second kappa shape index (κ2) is 8.62. The number of benzene rings is 2. The standard InChI is InChI=1S/C22H18N4O5/c1-14-23-24-25-26(14)19(10-15-6-4-3-5-7-15)22(28)30-13-16-11-21(27)31-20-12-17(29-2)8-9-18(16)20/h3-12H,13H2,1-2H3/b19-10-. The lowest BCUT2D eigenvalue weighted by Crippen LogP contribution is -2.15. The van der Waals surface area contributed by atoms with Crippen molar-refractivity contribution in [1.82, 2.24) is 20.2 Å². The zero-order valence-corrected chi connectivity index (χ0v) is 16.8. The molecule has 4 aromatic rings. The predicted octanol–water partition coefficient (Wildman–Crippen LogP) is 2.84. The van der Waals surface area contributed by atoms with Crippen molar-refractivity contribution in [3.63, 3.8) is 0 Å². The third kappa shape index (κ3) is 4.35. The number of carbonyl (C=O) groups is 1. The molecule has 0 amide bonds. The summed E-state index contributed by atoms with van der Waals surface area (Å²) in [7, 11) is 1.52. The Morgan fingerprint density at radius 3 is 2.68 bits per heavy atom. The maximum Gasteiger partial charge on any atom is 0.357 e. The third-order valence-electron chi connectivity index (χ3n) is 4.56. The maximum atomic E-state index is 13.0. The lowest BCUT2D eigenvalue weighted by molar-refractivity contribution is -0.138.